The third-order valence-corrected chi connectivity index (χ3v) is 6.24. The highest BCUT2D eigenvalue weighted by Gasteiger charge is 2.17. The maximum absolute atomic E-state index is 12.0. The number of carbonyl (C=O) groups is 1. The summed E-state index contributed by atoms with van der Waals surface area (Å²) in [6.07, 6.45) is 7.45. The van der Waals surface area contributed by atoms with Gasteiger partial charge in [-0.3, -0.25) is 9.87 Å². The Kier molecular flexibility index (Phi) is 9.83. The average Bonchev–Trinajstić information content (AvgIpc) is 3.10. The third-order valence-electron chi connectivity index (χ3n) is 4.21. The molecule has 3 N–H and O–H groups in total. The van der Waals surface area contributed by atoms with Crippen molar-refractivity contribution in [3.05, 3.63) is 33.7 Å². The number of ether oxygens (including phenoxy) is 1. The minimum atomic E-state index is -4.45. The highest BCUT2D eigenvalue weighted by atomic mass is 35.5. The van der Waals surface area contributed by atoms with Gasteiger partial charge in [-0.2, -0.15) is 8.42 Å². The predicted octanol–water partition coefficient (Wildman–Crippen LogP) is 5.56. The summed E-state index contributed by atoms with van der Waals surface area (Å²) in [5.74, 6) is 0. The molecule has 30 heavy (non-hydrogen) atoms. The first-order valence-electron chi connectivity index (χ1n) is 9.69. The Morgan fingerprint density at radius 2 is 1.97 bits per heavy atom. The summed E-state index contributed by atoms with van der Waals surface area (Å²) in [4.78, 5) is 16.4. The van der Waals surface area contributed by atoms with E-state index in [-0.39, 0.29) is 17.1 Å². The monoisotopic (exact) mass is 475 g/mol. The van der Waals surface area contributed by atoms with Crippen molar-refractivity contribution in [2.45, 2.75) is 56.9 Å². The number of hydrogen-bond donors (Lipinski definition) is 3. The lowest BCUT2D eigenvalue weighted by molar-refractivity contribution is 0.159. The van der Waals surface area contributed by atoms with E-state index in [4.69, 9.17) is 16.3 Å². The van der Waals surface area contributed by atoms with Crippen molar-refractivity contribution in [3.63, 3.8) is 0 Å². The van der Waals surface area contributed by atoms with E-state index in [0.29, 0.717) is 16.8 Å². The molecule has 166 valence electrons. The van der Waals surface area contributed by atoms with E-state index in [1.165, 1.54) is 48.8 Å². The van der Waals surface area contributed by atoms with E-state index in [2.05, 4.69) is 22.5 Å². The third kappa shape index (κ3) is 8.47. The average molecular weight is 476 g/mol. The number of nitrogens with one attached hydrogen (secondary N) is 2. The van der Waals surface area contributed by atoms with Crippen molar-refractivity contribution in [3.8, 4) is 0 Å². The summed E-state index contributed by atoms with van der Waals surface area (Å²) in [6, 6.07) is 4.00. The van der Waals surface area contributed by atoms with Gasteiger partial charge in [0.2, 0.25) is 0 Å². The van der Waals surface area contributed by atoms with Crippen LogP contribution >= 0.6 is 22.9 Å². The second-order valence-electron chi connectivity index (χ2n) is 6.65. The fourth-order valence-corrected chi connectivity index (χ4v) is 4.29. The van der Waals surface area contributed by atoms with Crippen molar-refractivity contribution in [2.75, 3.05) is 17.2 Å². The van der Waals surface area contributed by atoms with Crippen LogP contribution in [0.1, 0.15) is 50.3 Å². The van der Waals surface area contributed by atoms with E-state index in [0.717, 1.165) is 24.1 Å². The highest BCUT2D eigenvalue weighted by Crippen LogP contribution is 2.27. The summed E-state index contributed by atoms with van der Waals surface area (Å²) in [6.45, 7) is 2.73. The number of benzene rings is 1. The Morgan fingerprint density at radius 1 is 1.23 bits per heavy atom. The van der Waals surface area contributed by atoms with Crippen molar-refractivity contribution in [2.24, 2.45) is 0 Å². The van der Waals surface area contributed by atoms with Crippen LogP contribution in [0.4, 0.5) is 16.2 Å². The van der Waals surface area contributed by atoms with E-state index in [1.54, 1.807) is 6.20 Å². The molecule has 0 aliphatic heterocycles. The molecule has 0 aliphatic rings. The van der Waals surface area contributed by atoms with Gasteiger partial charge in [0.25, 0.3) is 10.1 Å². The van der Waals surface area contributed by atoms with Crippen molar-refractivity contribution >= 4 is 50.5 Å². The molecular formula is C19H26ClN3O5S2. The lowest BCUT2D eigenvalue weighted by atomic mass is 10.1. The molecule has 1 heterocycles. The summed E-state index contributed by atoms with van der Waals surface area (Å²) in [7, 11) is -4.45. The van der Waals surface area contributed by atoms with Gasteiger partial charge in [0.15, 0.2) is 4.47 Å². The molecule has 1 aromatic carbocycles. The van der Waals surface area contributed by atoms with E-state index in [1.807, 2.05) is 0 Å². The Balaban J connectivity index is 1.93. The zero-order valence-electron chi connectivity index (χ0n) is 16.7. The van der Waals surface area contributed by atoms with Gasteiger partial charge in [0.05, 0.1) is 18.8 Å². The quantitative estimate of drug-likeness (QED) is 0.271. The van der Waals surface area contributed by atoms with Crippen LogP contribution in [-0.2, 0) is 21.4 Å². The summed E-state index contributed by atoms with van der Waals surface area (Å²) in [5.41, 5.74) is 0.468. The van der Waals surface area contributed by atoms with Gasteiger partial charge in [-0.05, 0) is 24.6 Å². The molecule has 0 bridgehead atoms. The van der Waals surface area contributed by atoms with Crippen LogP contribution in [0.25, 0.3) is 0 Å². The van der Waals surface area contributed by atoms with Crippen LogP contribution in [0.5, 0.6) is 0 Å². The SMILES string of the molecule is CCCCCCCCOC(=O)Nc1ccc(S(=O)(=O)O)c(NCc2cnc(Cl)s2)c1. The number of halogens is 1. The summed E-state index contributed by atoms with van der Waals surface area (Å²) < 4.78 is 38.3. The van der Waals surface area contributed by atoms with Gasteiger partial charge >= 0.3 is 6.09 Å². The molecule has 0 aliphatic carbocycles. The fourth-order valence-electron chi connectivity index (χ4n) is 2.72. The predicted molar refractivity (Wildman–Crippen MR) is 119 cm³/mol. The number of aromatic nitrogens is 1. The minimum Gasteiger partial charge on any atom is -0.449 e. The zero-order valence-corrected chi connectivity index (χ0v) is 19.1. The van der Waals surface area contributed by atoms with E-state index >= 15 is 0 Å². The van der Waals surface area contributed by atoms with Crippen molar-refractivity contribution in [1.29, 1.82) is 0 Å². The molecule has 0 fully saturated rings. The normalized spacial score (nSPS) is 11.3. The van der Waals surface area contributed by atoms with Crippen molar-refractivity contribution in [1.82, 2.24) is 4.98 Å². The van der Waals surface area contributed by atoms with Gasteiger partial charge in [0.1, 0.15) is 4.90 Å². The molecular weight excluding hydrogens is 450 g/mol. The maximum atomic E-state index is 12.0. The number of hydrogen-bond acceptors (Lipinski definition) is 7. The van der Waals surface area contributed by atoms with Gasteiger partial charge in [-0.1, -0.05) is 50.6 Å². The standard InChI is InChI=1S/C19H26ClN3O5S2/c1-2-3-4-5-6-7-10-28-19(24)23-14-8-9-17(30(25,26)27)16(11-14)21-12-15-13-22-18(20)29-15/h8-9,11,13,21H,2-7,10,12H2,1H3,(H,23,24)(H,25,26,27). The lowest BCUT2D eigenvalue weighted by Crippen LogP contribution is -2.15. The largest absolute Gasteiger partial charge is 0.449 e. The summed E-state index contributed by atoms with van der Waals surface area (Å²) in [5, 5.41) is 5.49. The summed E-state index contributed by atoms with van der Waals surface area (Å²) >= 11 is 7.04. The number of nitrogens with zero attached hydrogens (tertiary/aromatic N) is 1. The maximum Gasteiger partial charge on any atom is 0.411 e. The molecule has 8 nitrogen and oxygen atoms in total. The highest BCUT2D eigenvalue weighted by molar-refractivity contribution is 7.86. The molecule has 1 aromatic heterocycles. The first kappa shape index (κ1) is 24.4. The fraction of sp³-hybridized carbons (Fsp3) is 0.474. The molecule has 0 atom stereocenters. The molecule has 2 aromatic rings. The van der Waals surface area contributed by atoms with Crippen LogP contribution in [0, 0.1) is 0 Å². The lowest BCUT2D eigenvalue weighted by Gasteiger charge is -2.12. The van der Waals surface area contributed by atoms with Crippen LogP contribution in [0.2, 0.25) is 4.47 Å². The molecule has 0 spiro atoms. The molecule has 0 radical (unpaired) electrons. The number of amides is 1. The van der Waals surface area contributed by atoms with E-state index in [9.17, 15) is 17.8 Å². The number of rotatable bonds is 12. The number of thiazole rings is 1. The van der Waals surface area contributed by atoms with Gasteiger partial charge in [0, 0.05) is 16.8 Å². The Labute approximate surface area is 185 Å². The first-order valence-corrected chi connectivity index (χ1v) is 12.3. The van der Waals surface area contributed by atoms with E-state index < -0.39 is 16.2 Å². The van der Waals surface area contributed by atoms with Crippen LogP contribution in [0.15, 0.2) is 29.3 Å². The molecule has 0 unspecified atom stereocenters. The molecule has 0 saturated carbocycles. The topological polar surface area (TPSA) is 118 Å². The molecule has 0 saturated heterocycles. The minimum absolute atomic E-state index is 0.135. The van der Waals surface area contributed by atoms with Crippen LogP contribution < -0.4 is 10.6 Å². The Hall–Kier alpha value is -1.88. The Bertz CT molecular complexity index is 934. The number of anilines is 2. The van der Waals surface area contributed by atoms with Crippen molar-refractivity contribution < 1.29 is 22.5 Å². The Morgan fingerprint density at radius 3 is 2.63 bits per heavy atom. The number of unbranched alkanes of at least 4 members (excludes halogenated alkanes) is 5. The van der Waals surface area contributed by atoms with Gasteiger partial charge < -0.3 is 10.1 Å². The van der Waals surface area contributed by atoms with Gasteiger partial charge in [-0.15, -0.1) is 11.3 Å². The van der Waals surface area contributed by atoms with Gasteiger partial charge in [-0.25, -0.2) is 9.78 Å². The molecule has 11 heteroatoms. The second kappa shape index (κ2) is 12.1. The number of carbonyl (C=O) groups excluding carboxylic acids is 1. The molecule has 1 amide bonds. The smallest absolute Gasteiger partial charge is 0.411 e. The zero-order chi connectivity index (χ0) is 22.0. The van der Waals surface area contributed by atoms with Crippen LogP contribution in [-0.4, -0.2) is 30.7 Å². The molecule has 2 rings (SSSR count). The second-order valence-corrected chi connectivity index (χ2v) is 9.74. The van der Waals surface area contributed by atoms with Crippen LogP contribution in [0.3, 0.4) is 0 Å². The first-order chi connectivity index (χ1) is 14.3.